The van der Waals surface area contributed by atoms with Gasteiger partial charge >= 0.3 is 5.97 Å². The van der Waals surface area contributed by atoms with Crippen LogP contribution >= 0.6 is 33.9 Å². The molecule has 7 nitrogen and oxygen atoms in total. The molecule has 0 spiro atoms. The van der Waals surface area contributed by atoms with E-state index in [9.17, 15) is 14.4 Å². The number of Topliss-reactive ketones (excluding diaryl/α,β-unsaturated/α-hetero) is 1. The van der Waals surface area contributed by atoms with Crippen LogP contribution in [0.4, 0.5) is 5.00 Å². The van der Waals surface area contributed by atoms with E-state index in [4.69, 9.17) is 4.74 Å². The Morgan fingerprint density at radius 1 is 1.42 bits per heavy atom. The molecule has 1 N–H and O–H groups in total. The van der Waals surface area contributed by atoms with Gasteiger partial charge in [0.2, 0.25) is 5.91 Å². The normalized spacial score (nSPS) is 10.5. The van der Waals surface area contributed by atoms with Gasteiger partial charge in [0.1, 0.15) is 11.5 Å². The van der Waals surface area contributed by atoms with Gasteiger partial charge in [0.05, 0.1) is 26.8 Å². The number of hydrogen-bond donors (Lipinski definition) is 1. The molecule has 9 heteroatoms. The highest BCUT2D eigenvalue weighted by molar-refractivity contribution is 14.1. The summed E-state index contributed by atoms with van der Waals surface area (Å²) in [6.07, 6.45) is 3.37. The summed E-state index contributed by atoms with van der Waals surface area (Å²) in [7, 11) is 0. The number of carbonyl (C=O) groups excluding carboxylic acids is 3. The molecule has 1 amide bonds. The molecule has 2 aromatic heterocycles. The van der Waals surface area contributed by atoms with Crippen molar-refractivity contribution in [1.82, 2.24) is 9.78 Å². The highest BCUT2D eigenvalue weighted by Crippen LogP contribution is 2.34. The maximum absolute atomic E-state index is 12.2. The minimum atomic E-state index is -0.553. The van der Waals surface area contributed by atoms with Gasteiger partial charge in [-0.3, -0.25) is 14.3 Å². The second kappa shape index (κ2) is 7.88. The summed E-state index contributed by atoms with van der Waals surface area (Å²) in [5.41, 5.74) is 0.755. The molecule has 0 aliphatic carbocycles. The second-order valence-corrected chi connectivity index (χ2v) is 7.21. The number of ketones is 1. The number of thiophene rings is 1. The van der Waals surface area contributed by atoms with Crippen molar-refractivity contribution in [2.75, 3.05) is 11.9 Å². The Balaban J connectivity index is 2.27. The van der Waals surface area contributed by atoms with Gasteiger partial charge in [0.25, 0.3) is 0 Å². The molecule has 0 unspecified atom stereocenters. The van der Waals surface area contributed by atoms with Crippen molar-refractivity contribution in [3.8, 4) is 0 Å². The molecule has 0 aliphatic heterocycles. The van der Waals surface area contributed by atoms with E-state index in [0.717, 1.165) is 14.9 Å². The Labute approximate surface area is 156 Å². The van der Waals surface area contributed by atoms with Crippen molar-refractivity contribution < 1.29 is 19.1 Å². The fraction of sp³-hybridized carbons (Fsp3) is 0.333. The number of aromatic nitrogens is 2. The lowest BCUT2D eigenvalue weighted by Crippen LogP contribution is -2.20. The summed E-state index contributed by atoms with van der Waals surface area (Å²) in [6.45, 7) is 5.01. The summed E-state index contributed by atoms with van der Waals surface area (Å²) < 4.78 is 7.44. The van der Waals surface area contributed by atoms with E-state index >= 15 is 0 Å². The Morgan fingerprint density at radius 3 is 2.67 bits per heavy atom. The Hall–Kier alpha value is -1.75. The summed E-state index contributed by atoms with van der Waals surface area (Å²) in [6, 6.07) is 0. The van der Waals surface area contributed by atoms with Crippen LogP contribution in [0.2, 0.25) is 0 Å². The van der Waals surface area contributed by atoms with Gasteiger partial charge in [-0.25, -0.2) is 4.79 Å². The number of carbonyl (C=O) groups is 3. The third-order valence-electron chi connectivity index (χ3n) is 3.11. The first-order chi connectivity index (χ1) is 11.3. The molecule has 0 radical (unpaired) electrons. The number of ether oxygens (including phenoxy) is 1. The van der Waals surface area contributed by atoms with E-state index in [0.29, 0.717) is 15.4 Å². The number of hydrogen-bond acceptors (Lipinski definition) is 6. The molecule has 0 aliphatic rings. The lowest BCUT2D eigenvalue weighted by Gasteiger charge is -2.07. The van der Waals surface area contributed by atoms with Crippen molar-refractivity contribution in [1.29, 1.82) is 0 Å². The van der Waals surface area contributed by atoms with Gasteiger partial charge in [-0.2, -0.15) is 5.10 Å². The first kappa shape index (κ1) is 18.6. The molecule has 0 bridgehead atoms. The van der Waals surface area contributed by atoms with Crippen LogP contribution in [0.5, 0.6) is 0 Å². The molecule has 128 valence electrons. The molecule has 2 heterocycles. The molecular formula is C15H16IN3O4S. The van der Waals surface area contributed by atoms with E-state index in [2.05, 4.69) is 33.0 Å². The van der Waals surface area contributed by atoms with Gasteiger partial charge in [-0.1, -0.05) is 0 Å². The third-order valence-corrected chi connectivity index (χ3v) is 4.97. The molecule has 2 aromatic rings. The van der Waals surface area contributed by atoms with Crippen molar-refractivity contribution in [3.05, 3.63) is 32.0 Å². The Bertz CT molecular complexity index is 797. The lowest BCUT2D eigenvalue weighted by molar-refractivity contribution is -0.116. The molecule has 0 atom stereocenters. The molecule has 0 fully saturated rings. The SMILES string of the molecule is CCOC(=O)c1c(NC(=O)Cn2cc(I)cn2)sc(C(C)=O)c1C. The number of esters is 1. The second-order valence-electron chi connectivity index (χ2n) is 4.94. The van der Waals surface area contributed by atoms with Crippen molar-refractivity contribution in [3.63, 3.8) is 0 Å². The maximum Gasteiger partial charge on any atom is 0.341 e. The first-order valence-corrected chi connectivity index (χ1v) is 9.02. The van der Waals surface area contributed by atoms with Crippen LogP contribution in [0.15, 0.2) is 12.4 Å². The van der Waals surface area contributed by atoms with Crippen LogP contribution in [0, 0.1) is 10.5 Å². The topological polar surface area (TPSA) is 90.3 Å². The summed E-state index contributed by atoms with van der Waals surface area (Å²) in [5, 5.41) is 7.05. The van der Waals surface area contributed by atoms with Crippen LogP contribution in [-0.4, -0.2) is 34.0 Å². The van der Waals surface area contributed by atoms with Gasteiger partial charge in [-0.05, 0) is 48.9 Å². The van der Waals surface area contributed by atoms with Gasteiger partial charge in [-0.15, -0.1) is 11.3 Å². The van der Waals surface area contributed by atoms with Crippen LogP contribution < -0.4 is 5.32 Å². The quantitative estimate of drug-likeness (QED) is 0.406. The average molecular weight is 461 g/mol. The molecule has 0 saturated carbocycles. The predicted molar refractivity (Wildman–Crippen MR) is 98.6 cm³/mol. The zero-order chi connectivity index (χ0) is 17.9. The van der Waals surface area contributed by atoms with Gasteiger partial charge in [0.15, 0.2) is 5.78 Å². The van der Waals surface area contributed by atoms with E-state index in [1.807, 2.05) is 0 Å². The lowest BCUT2D eigenvalue weighted by atomic mass is 10.1. The highest BCUT2D eigenvalue weighted by atomic mass is 127. The van der Waals surface area contributed by atoms with Gasteiger partial charge < -0.3 is 10.1 Å². The van der Waals surface area contributed by atoms with Crippen molar-refractivity contribution in [2.24, 2.45) is 0 Å². The highest BCUT2D eigenvalue weighted by Gasteiger charge is 2.25. The molecule has 2 rings (SSSR count). The number of anilines is 1. The van der Waals surface area contributed by atoms with E-state index in [-0.39, 0.29) is 30.4 Å². The summed E-state index contributed by atoms with van der Waals surface area (Å²) in [4.78, 5) is 36.5. The number of nitrogens with zero attached hydrogens (tertiary/aromatic N) is 2. The van der Waals surface area contributed by atoms with Crippen LogP contribution in [0.3, 0.4) is 0 Å². The molecule has 24 heavy (non-hydrogen) atoms. The zero-order valence-corrected chi connectivity index (χ0v) is 16.4. The standard InChI is InChI=1S/C15H16IN3O4S/c1-4-23-15(22)12-8(2)13(9(3)20)24-14(12)18-11(21)7-19-6-10(16)5-17-19/h5-6H,4,7H2,1-3H3,(H,18,21). The number of halogens is 1. The van der Waals surface area contributed by atoms with E-state index < -0.39 is 5.97 Å². The first-order valence-electron chi connectivity index (χ1n) is 7.12. The molecule has 0 saturated heterocycles. The fourth-order valence-corrected chi connectivity index (χ4v) is 3.68. The summed E-state index contributed by atoms with van der Waals surface area (Å²) in [5.74, 6) is -1.05. The van der Waals surface area contributed by atoms with Crippen LogP contribution in [0.25, 0.3) is 0 Å². The van der Waals surface area contributed by atoms with E-state index in [1.54, 1.807) is 26.2 Å². The predicted octanol–water partition coefficient (Wildman–Crippen LogP) is 2.88. The van der Waals surface area contributed by atoms with E-state index in [1.165, 1.54) is 11.6 Å². The van der Waals surface area contributed by atoms with Gasteiger partial charge in [0, 0.05) is 6.20 Å². The van der Waals surface area contributed by atoms with Crippen LogP contribution in [-0.2, 0) is 16.1 Å². The summed E-state index contributed by atoms with van der Waals surface area (Å²) >= 11 is 3.18. The molecule has 0 aromatic carbocycles. The average Bonchev–Trinajstić information content (AvgIpc) is 3.02. The van der Waals surface area contributed by atoms with Crippen molar-refractivity contribution >= 4 is 56.6 Å². The largest absolute Gasteiger partial charge is 0.462 e. The minimum absolute atomic E-state index is 0.0115. The molecular weight excluding hydrogens is 445 g/mol. The third kappa shape index (κ3) is 4.20. The minimum Gasteiger partial charge on any atom is -0.462 e. The number of rotatable bonds is 6. The Kier molecular flexibility index (Phi) is 6.10. The number of nitrogens with one attached hydrogen (secondary N) is 1. The Morgan fingerprint density at radius 2 is 2.12 bits per heavy atom. The maximum atomic E-state index is 12.2. The fourth-order valence-electron chi connectivity index (χ4n) is 2.12. The number of amides is 1. The smallest absolute Gasteiger partial charge is 0.341 e. The van der Waals surface area contributed by atoms with Crippen molar-refractivity contribution in [2.45, 2.75) is 27.3 Å². The van der Waals surface area contributed by atoms with Crippen LogP contribution in [0.1, 0.15) is 39.4 Å². The zero-order valence-electron chi connectivity index (χ0n) is 13.4. The monoisotopic (exact) mass is 461 g/mol.